The maximum Gasteiger partial charge on any atom is 0.326 e. The lowest BCUT2D eigenvalue weighted by atomic mass is 10.0. The maximum atomic E-state index is 12.9. The molecule has 0 fully saturated rings. The fourth-order valence-electron chi connectivity index (χ4n) is 3.43. The van der Waals surface area contributed by atoms with Crippen LogP contribution in [0.3, 0.4) is 0 Å². The minimum absolute atomic E-state index is 0.102. The molecule has 3 amide bonds. The summed E-state index contributed by atoms with van der Waals surface area (Å²) in [7, 11) is 0. The normalized spacial score (nSPS) is 13.8. The van der Waals surface area contributed by atoms with E-state index in [2.05, 4.69) is 16.0 Å². The summed E-state index contributed by atoms with van der Waals surface area (Å²) in [6, 6.07) is 2.80. The molecule has 14 heteroatoms. The van der Waals surface area contributed by atoms with Crippen LogP contribution in [0.5, 0.6) is 0 Å². The summed E-state index contributed by atoms with van der Waals surface area (Å²) in [6.45, 7) is 0.402. The summed E-state index contributed by atoms with van der Waals surface area (Å²) >= 11 is 0. The molecular weight excluding hydrogens is 502 g/mol. The van der Waals surface area contributed by atoms with E-state index in [1.807, 2.05) is 0 Å². The van der Waals surface area contributed by atoms with Crippen molar-refractivity contribution in [2.75, 3.05) is 6.54 Å². The molecular formula is C24H35N5O9. The fourth-order valence-corrected chi connectivity index (χ4v) is 3.43. The van der Waals surface area contributed by atoms with E-state index >= 15 is 0 Å². The number of hydrogen-bond donors (Lipinski definition) is 8. The molecule has 1 aromatic rings. The van der Waals surface area contributed by atoms with Crippen molar-refractivity contribution in [3.05, 3.63) is 35.9 Å². The van der Waals surface area contributed by atoms with Gasteiger partial charge in [0.05, 0.1) is 12.5 Å². The predicted molar refractivity (Wildman–Crippen MR) is 134 cm³/mol. The Balaban J connectivity index is 2.99. The van der Waals surface area contributed by atoms with Crippen LogP contribution in [0.25, 0.3) is 0 Å². The van der Waals surface area contributed by atoms with Gasteiger partial charge < -0.3 is 42.7 Å². The van der Waals surface area contributed by atoms with Crippen LogP contribution in [0.1, 0.15) is 44.1 Å². The number of carboxylic acids is 3. The fraction of sp³-hybridized carbons (Fsp3) is 0.500. The molecule has 0 aliphatic rings. The zero-order chi connectivity index (χ0) is 28.7. The second-order valence-corrected chi connectivity index (χ2v) is 8.63. The number of aliphatic carboxylic acids is 3. The number of amides is 3. The Morgan fingerprint density at radius 1 is 0.737 bits per heavy atom. The average molecular weight is 538 g/mol. The standard InChI is InChI=1S/C24H35N5O9/c25-11-5-4-8-15(26)21(34)27-16(9-10-19(30)31)22(35)28-17(13-20(32)33)23(36)29-18(24(37)38)12-14-6-2-1-3-7-14/h1-3,6-7,15-18H,4-5,8-13,25-26H2,(H,27,34)(H,28,35)(H,29,36)(H,30,31)(H,32,33)(H,37,38). The van der Waals surface area contributed by atoms with E-state index in [-0.39, 0.29) is 19.3 Å². The van der Waals surface area contributed by atoms with Crippen LogP contribution >= 0.6 is 0 Å². The van der Waals surface area contributed by atoms with Crippen molar-refractivity contribution in [1.29, 1.82) is 0 Å². The highest BCUT2D eigenvalue weighted by atomic mass is 16.4. The molecule has 210 valence electrons. The molecule has 10 N–H and O–H groups in total. The minimum atomic E-state index is -1.71. The second kappa shape index (κ2) is 16.7. The Bertz CT molecular complexity index is 973. The Kier molecular flexibility index (Phi) is 14.0. The van der Waals surface area contributed by atoms with Gasteiger partial charge in [0.15, 0.2) is 0 Å². The molecule has 0 spiro atoms. The van der Waals surface area contributed by atoms with Gasteiger partial charge in [0, 0.05) is 12.8 Å². The molecule has 0 bridgehead atoms. The van der Waals surface area contributed by atoms with Crippen molar-refractivity contribution in [3.63, 3.8) is 0 Å². The van der Waals surface area contributed by atoms with Gasteiger partial charge in [-0.3, -0.25) is 24.0 Å². The van der Waals surface area contributed by atoms with Crippen LogP contribution in [0.4, 0.5) is 0 Å². The first-order chi connectivity index (χ1) is 17.9. The van der Waals surface area contributed by atoms with Crippen molar-refractivity contribution in [2.24, 2.45) is 11.5 Å². The summed E-state index contributed by atoms with van der Waals surface area (Å²) < 4.78 is 0. The first kappa shape index (κ1) is 32.0. The quantitative estimate of drug-likeness (QED) is 0.101. The topological polar surface area (TPSA) is 251 Å². The van der Waals surface area contributed by atoms with Gasteiger partial charge in [0.2, 0.25) is 17.7 Å². The zero-order valence-corrected chi connectivity index (χ0v) is 20.8. The molecule has 0 saturated carbocycles. The van der Waals surface area contributed by atoms with E-state index in [0.29, 0.717) is 24.9 Å². The molecule has 14 nitrogen and oxygen atoms in total. The van der Waals surface area contributed by atoms with Crippen LogP contribution in [0.2, 0.25) is 0 Å². The average Bonchev–Trinajstić information content (AvgIpc) is 2.85. The van der Waals surface area contributed by atoms with E-state index in [0.717, 1.165) is 0 Å². The Morgan fingerprint density at radius 2 is 1.32 bits per heavy atom. The highest BCUT2D eigenvalue weighted by molar-refractivity contribution is 5.95. The van der Waals surface area contributed by atoms with Gasteiger partial charge in [0.1, 0.15) is 18.1 Å². The van der Waals surface area contributed by atoms with E-state index < -0.39 is 72.6 Å². The molecule has 0 radical (unpaired) electrons. The van der Waals surface area contributed by atoms with Crippen molar-refractivity contribution in [3.8, 4) is 0 Å². The van der Waals surface area contributed by atoms with Crippen molar-refractivity contribution >= 4 is 35.6 Å². The van der Waals surface area contributed by atoms with E-state index in [9.17, 15) is 39.0 Å². The summed E-state index contributed by atoms with van der Waals surface area (Å²) in [5, 5.41) is 34.5. The molecule has 0 aliphatic carbocycles. The second-order valence-electron chi connectivity index (χ2n) is 8.63. The van der Waals surface area contributed by atoms with Gasteiger partial charge >= 0.3 is 17.9 Å². The van der Waals surface area contributed by atoms with Gasteiger partial charge in [-0.15, -0.1) is 0 Å². The molecule has 0 saturated heterocycles. The largest absolute Gasteiger partial charge is 0.481 e. The lowest BCUT2D eigenvalue weighted by Gasteiger charge is -2.24. The predicted octanol–water partition coefficient (Wildman–Crippen LogP) is -1.44. The molecule has 0 heterocycles. The van der Waals surface area contributed by atoms with Crippen LogP contribution in [0, 0.1) is 0 Å². The van der Waals surface area contributed by atoms with Gasteiger partial charge in [-0.1, -0.05) is 36.8 Å². The van der Waals surface area contributed by atoms with Crippen molar-refractivity contribution < 1.29 is 44.1 Å². The molecule has 1 aromatic carbocycles. The molecule has 0 aromatic heterocycles. The molecule has 0 aliphatic heterocycles. The van der Waals surface area contributed by atoms with Crippen LogP contribution in [0.15, 0.2) is 30.3 Å². The third-order valence-corrected chi connectivity index (χ3v) is 5.49. The number of unbranched alkanes of at least 4 members (excludes halogenated alkanes) is 1. The number of rotatable bonds is 18. The molecule has 4 atom stereocenters. The Morgan fingerprint density at radius 3 is 1.87 bits per heavy atom. The minimum Gasteiger partial charge on any atom is -0.481 e. The lowest BCUT2D eigenvalue weighted by molar-refractivity contribution is -0.143. The van der Waals surface area contributed by atoms with Gasteiger partial charge in [-0.25, -0.2) is 4.79 Å². The Labute approximate surface area is 219 Å². The monoisotopic (exact) mass is 537 g/mol. The number of nitrogens with two attached hydrogens (primary N) is 2. The van der Waals surface area contributed by atoms with Gasteiger partial charge in [0.25, 0.3) is 0 Å². The van der Waals surface area contributed by atoms with E-state index in [1.54, 1.807) is 30.3 Å². The number of carbonyl (C=O) groups is 6. The number of carbonyl (C=O) groups excluding carboxylic acids is 3. The smallest absolute Gasteiger partial charge is 0.326 e. The first-order valence-electron chi connectivity index (χ1n) is 12.0. The van der Waals surface area contributed by atoms with E-state index in [4.69, 9.17) is 16.6 Å². The molecule has 1 rings (SSSR count). The van der Waals surface area contributed by atoms with Gasteiger partial charge in [-0.2, -0.15) is 0 Å². The van der Waals surface area contributed by atoms with Crippen molar-refractivity contribution in [1.82, 2.24) is 16.0 Å². The SMILES string of the molecule is NCCCCC(N)C(=O)NC(CCC(=O)O)C(=O)NC(CC(=O)O)C(=O)NC(Cc1ccccc1)C(=O)O. The summed E-state index contributed by atoms with van der Waals surface area (Å²) in [5.41, 5.74) is 11.8. The summed E-state index contributed by atoms with van der Waals surface area (Å²) in [5.74, 6) is -6.93. The third-order valence-electron chi connectivity index (χ3n) is 5.49. The maximum absolute atomic E-state index is 12.9. The summed E-state index contributed by atoms with van der Waals surface area (Å²) in [6.07, 6.45) is -0.450. The zero-order valence-electron chi connectivity index (χ0n) is 20.8. The first-order valence-corrected chi connectivity index (χ1v) is 12.0. The van der Waals surface area contributed by atoms with E-state index in [1.165, 1.54) is 0 Å². The molecule has 38 heavy (non-hydrogen) atoms. The highest BCUT2D eigenvalue weighted by Gasteiger charge is 2.32. The molecule has 4 unspecified atom stereocenters. The third kappa shape index (κ3) is 12.3. The number of nitrogens with one attached hydrogen (secondary N) is 3. The number of benzene rings is 1. The number of hydrogen-bond acceptors (Lipinski definition) is 8. The Hall–Kier alpha value is -4.04. The number of carboxylic acid groups (broad SMARTS) is 3. The van der Waals surface area contributed by atoms with Crippen LogP contribution in [-0.2, 0) is 35.2 Å². The lowest BCUT2D eigenvalue weighted by Crippen LogP contribution is -2.57. The highest BCUT2D eigenvalue weighted by Crippen LogP contribution is 2.07. The van der Waals surface area contributed by atoms with Gasteiger partial charge in [-0.05, 0) is 31.4 Å². The summed E-state index contributed by atoms with van der Waals surface area (Å²) in [4.78, 5) is 72.3. The van der Waals surface area contributed by atoms with Crippen LogP contribution < -0.4 is 27.4 Å². The van der Waals surface area contributed by atoms with Crippen molar-refractivity contribution in [2.45, 2.75) is 69.1 Å². The van der Waals surface area contributed by atoms with Crippen LogP contribution in [-0.4, -0.2) is 81.7 Å².